The lowest BCUT2D eigenvalue weighted by atomic mass is 10.1. The van der Waals surface area contributed by atoms with Gasteiger partial charge in [-0.1, -0.05) is 0 Å². The lowest BCUT2D eigenvalue weighted by Crippen LogP contribution is -2.34. The molecular formula is C16H7F2I3N2O11S. The molecule has 0 aromatic heterocycles. The number of alkyl halides is 2. The summed E-state index contributed by atoms with van der Waals surface area (Å²) in [4.78, 5) is 45.2. The lowest BCUT2D eigenvalue weighted by Gasteiger charge is -2.13. The highest BCUT2D eigenvalue weighted by Crippen LogP contribution is 2.36. The molecule has 188 valence electrons. The van der Waals surface area contributed by atoms with Gasteiger partial charge in [0.25, 0.3) is 5.69 Å². The van der Waals surface area contributed by atoms with Crippen LogP contribution >= 0.6 is 67.8 Å². The third-order valence-electron chi connectivity index (χ3n) is 3.85. The van der Waals surface area contributed by atoms with E-state index in [1.807, 2.05) is 67.8 Å². The number of esters is 2. The second-order valence-electron chi connectivity index (χ2n) is 6.18. The zero-order valence-electron chi connectivity index (χ0n) is 16.2. The van der Waals surface area contributed by atoms with E-state index in [9.17, 15) is 47.0 Å². The molecule has 0 aliphatic carbocycles. The molecule has 0 spiro atoms. The average Bonchev–Trinajstić information content (AvgIpc) is 2.72. The maximum atomic E-state index is 13.4. The predicted octanol–water partition coefficient (Wildman–Crippen LogP) is 4.17. The number of nitro benzene ring substituents is 2. The van der Waals surface area contributed by atoms with Crippen molar-refractivity contribution in [2.24, 2.45) is 0 Å². The van der Waals surface area contributed by atoms with Crippen molar-refractivity contribution >= 4 is 101 Å². The van der Waals surface area contributed by atoms with E-state index < -0.39 is 66.5 Å². The Morgan fingerprint density at radius 2 is 1.54 bits per heavy atom. The van der Waals surface area contributed by atoms with Gasteiger partial charge in [0.1, 0.15) is 5.56 Å². The number of hydrogen-bond donors (Lipinski definition) is 1. The van der Waals surface area contributed by atoms with Crippen molar-refractivity contribution in [3.05, 3.63) is 66.3 Å². The van der Waals surface area contributed by atoms with E-state index in [1.54, 1.807) is 6.07 Å². The van der Waals surface area contributed by atoms with Crippen molar-refractivity contribution < 1.29 is 50.7 Å². The number of hydrogen-bond acceptors (Lipinski definition) is 10. The molecule has 0 saturated carbocycles. The van der Waals surface area contributed by atoms with Gasteiger partial charge in [-0.25, -0.2) is 9.59 Å². The molecule has 2 aromatic carbocycles. The minimum absolute atomic E-state index is 0.0357. The van der Waals surface area contributed by atoms with Crippen LogP contribution in [0.1, 0.15) is 20.7 Å². The topological polar surface area (TPSA) is 193 Å². The maximum Gasteiger partial charge on any atom is 0.402 e. The molecule has 1 N–H and O–H groups in total. The van der Waals surface area contributed by atoms with Crippen LogP contribution in [0, 0.1) is 30.9 Å². The van der Waals surface area contributed by atoms with Gasteiger partial charge < -0.3 is 9.47 Å². The molecule has 2 rings (SSSR count). The first kappa shape index (κ1) is 29.4. The predicted molar refractivity (Wildman–Crippen MR) is 136 cm³/mol. The Hall–Kier alpha value is -1.86. The molecule has 0 atom stereocenters. The first-order valence-corrected chi connectivity index (χ1v) is 13.0. The van der Waals surface area contributed by atoms with Crippen LogP contribution in [0.25, 0.3) is 0 Å². The number of carbonyl (C=O) groups is 2. The van der Waals surface area contributed by atoms with Gasteiger partial charge >= 0.3 is 33.0 Å². The molecule has 0 aliphatic heterocycles. The van der Waals surface area contributed by atoms with Crippen LogP contribution in [0.15, 0.2) is 24.3 Å². The Balaban J connectivity index is 2.56. The van der Waals surface area contributed by atoms with Gasteiger partial charge in [0.2, 0.25) is 5.75 Å². The Morgan fingerprint density at radius 1 is 0.971 bits per heavy atom. The zero-order chi connectivity index (χ0) is 26.9. The Morgan fingerprint density at radius 3 is 2.06 bits per heavy atom. The summed E-state index contributed by atoms with van der Waals surface area (Å²) >= 11 is 5.62. The SMILES string of the molecule is O=C(OCC(F)(F)S(=O)(=O)O)c1cc(OC(=O)c2cc(I)cc(I)c2I)c([N+](=O)[O-])cc1[N+](=O)[O-]. The molecule has 0 bridgehead atoms. The molecular weight excluding hydrogens is 847 g/mol. The van der Waals surface area contributed by atoms with Crippen molar-refractivity contribution in [1.82, 2.24) is 0 Å². The molecule has 19 heteroatoms. The molecule has 0 fully saturated rings. The van der Waals surface area contributed by atoms with Crippen molar-refractivity contribution in [3.8, 4) is 5.75 Å². The number of carbonyl (C=O) groups excluding carboxylic acids is 2. The Kier molecular flexibility index (Phi) is 9.26. The summed E-state index contributed by atoms with van der Waals surface area (Å²) in [6.07, 6.45) is 0. The second-order valence-corrected chi connectivity index (χ2v) is 11.2. The van der Waals surface area contributed by atoms with Crippen LogP contribution in [0.5, 0.6) is 5.75 Å². The van der Waals surface area contributed by atoms with Crippen molar-refractivity contribution in [3.63, 3.8) is 0 Å². The van der Waals surface area contributed by atoms with Crippen LogP contribution in [-0.4, -0.2) is 46.6 Å². The number of nitro groups is 2. The number of halogens is 5. The van der Waals surface area contributed by atoms with Crippen LogP contribution < -0.4 is 4.74 Å². The third kappa shape index (κ3) is 6.88. The van der Waals surface area contributed by atoms with Crippen molar-refractivity contribution in [2.45, 2.75) is 5.25 Å². The smallest absolute Gasteiger partial charge is 0.402 e. The van der Waals surface area contributed by atoms with Gasteiger partial charge in [0.15, 0.2) is 6.61 Å². The van der Waals surface area contributed by atoms with Crippen molar-refractivity contribution in [1.29, 1.82) is 0 Å². The number of rotatable bonds is 8. The summed E-state index contributed by atoms with van der Waals surface area (Å²) in [6.45, 7) is -2.23. The van der Waals surface area contributed by atoms with Crippen LogP contribution in [0.3, 0.4) is 0 Å². The minimum Gasteiger partial charge on any atom is -0.454 e. The fourth-order valence-electron chi connectivity index (χ4n) is 2.26. The van der Waals surface area contributed by atoms with Gasteiger partial charge in [-0.05, 0) is 79.9 Å². The number of benzene rings is 2. The highest BCUT2D eigenvalue weighted by Gasteiger charge is 2.46. The van der Waals surface area contributed by atoms with Gasteiger partial charge in [-0.3, -0.25) is 24.8 Å². The van der Waals surface area contributed by atoms with Gasteiger partial charge in [-0.15, -0.1) is 0 Å². The lowest BCUT2D eigenvalue weighted by molar-refractivity contribution is -0.394. The summed E-state index contributed by atoms with van der Waals surface area (Å²) < 4.78 is 67.2. The number of nitrogens with zero attached hydrogens (tertiary/aromatic N) is 2. The Bertz CT molecular complexity index is 1370. The van der Waals surface area contributed by atoms with E-state index in [-0.39, 0.29) is 11.6 Å². The highest BCUT2D eigenvalue weighted by atomic mass is 127. The summed E-state index contributed by atoms with van der Waals surface area (Å²) in [7, 11) is -6.00. The molecule has 0 unspecified atom stereocenters. The van der Waals surface area contributed by atoms with Crippen molar-refractivity contribution in [2.75, 3.05) is 6.61 Å². The first-order valence-electron chi connectivity index (χ1n) is 8.31. The standard InChI is InChI=1S/C16H7F2I3N2O11S/c17-16(18,35(30,31)32)5-33-14(24)7-3-12(11(23(28)29)4-10(7)22(26)27)34-15(25)8-1-6(19)2-9(20)13(8)21/h1-4H,5H2,(H,30,31,32). The fraction of sp³-hybridized carbons (Fsp3) is 0.125. The van der Waals surface area contributed by atoms with E-state index in [1.165, 1.54) is 6.07 Å². The third-order valence-corrected chi connectivity index (χ3v) is 8.40. The van der Waals surface area contributed by atoms with Gasteiger partial charge in [0, 0.05) is 16.8 Å². The van der Waals surface area contributed by atoms with Crippen LogP contribution in [0.4, 0.5) is 20.2 Å². The van der Waals surface area contributed by atoms with E-state index in [0.717, 1.165) is 0 Å². The minimum atomic E-state index is -6.00. The van der Waals surface area contributed by atoms with Crippen LogP contribution in [0.2, 0.25) is 0 Å². The summed E-state index contributed by atoms with van der Waals surface area (Å²) in [6, 6.07) is 3.69. The molecule has 0 heterocycles. The van der Waals surface area contributed by atoms with Gasteiger partial charge in [0.05, 0.1) is 21.5 Å². The zero-order valence-corrected chi connectivity index (χ0v) is 23.5. The van der Waals surface area contributed by atoms with E-state index in [4.69, 9.17) is 9.29 Å². The molecule has 0 saturated heterocycles. The summed E-state index contributed by atoms with van der Waals surface area (Å²) in [5.41, 5.74) is -3.59. The molecule has 0 aliphatic rings. The molecule has 2 aromatic rings. The normalized spacial score (nSPS) is 11.6. The quantitative estimate of drug-likeness (QED) is 0.0762. The first-order chi connectivity index (χ1) is 16.0. The molecule has 0 radical (unpaired) electrons. The average molecular weight is 854 g/mol. The Labute approximate surface area is 234 Å². The van der Waals surface area contributed by atoms with E-state index >= 15 is 0 Å². The monoisotopic (exact) mass is 854 g/mol. The van der Waals surface area contributed by atoms with E-state index in [0.29, 0.717) is 16.8 Å². The molecule has 0 amide bonds. The fourth-order valence-corrected chi connectivity index (χ4v) is 4.84. The highest BCUT2D eigenvalue weighted by molar-refractivity contribution is 14.1. The van der Waals surface area contributed by atoms with Crippen LogP contribution in [-0.2, 0) is 14.9 Å². The number of ether oxygens (including phenoxy) is 2. The second kappa shape index (κ2) is 11.0. The largest absolute Gasteiger partial charge is 0.454 e. The molecule has 35 heavy (non-hydrogen) atoms. The summed E-state index contributed by atoms with van der Waals surface area (Å²) in [5, 5.41) is 17.8. The summed E-state index contributed by atoms with van der Waals surface area (Å²) in [5.74, 6) is -4.01. The van der Waals surface area contributed by atoms with Gasteiger partial charge in [-0.2, -0.15) is 17.2 Å². The van der Waals surface area contributed by atoms with E-state index in [2.05, 4.69) is 4.74 Å². The molecule has 13 nitrogen and oxygen atoms in total. The maximum absolute atomic E-state index is 13.4.